The summed E-state index contributed by atoms with van der Waals surface area (Å²) in [5, 5.41) is 2.89. The maximum absolute atomic E-state index is 11.6. The van der Waals surface area contributed by atoms with Gasteiger partial charge in [-0.1, -0.05) is 24.3 Å². The van der Waals surface area contributed by atoms with Crippen molar-refractivity contribution in [1.82, 2.24) is 14.9 Å². The van der Waals surface area contributed by atoms with E-state index in [-0.39, 0.29) is 5.91 Å². The van der Waals surface area contributed by atoms with Crippen LogP contribution in [-0.4, -0.2) is 35.7 Å². The predicted molar refractivity (Wildman–Crippen MR) is 114 cm³/mol. The van der Waals surface area contributed by atoms with E-state index in [1.54, 1.807) is 13.2 Å². The monoisotopic (exact) mass is 393 g/mol. The number of carbonyl (C=O) groups excluding carboxylic acids is 1. The lowest BCUT2D eigenvalue weighted by Gasteiger charge is -2.11. The number of hydrogen-bond donors (Lipinski definition) is 1. The predicted octanol–water partition coefficient (Wildman–Crippen LogP) is 3.75. The topological polar surface area (TPSA) is 65.4 Å². The second-order valence-electron chi connectivity index (χ2n) is 6.59. The SMILES string of the molecule is C/C=C/C(=O)NCCc1nc2ccccc2n1CCCOc1cccc(OC)c1. The number of imidazole rings is 1. The van der Waals surface area contributed by atoms with E-state index < -0.39 is 0 Å². The van der Waals surface area contributed by atoms with E-state index in [2.05, 4.69) is 16.0 Å². The average molecular weight is 393 g/mol. The average Bonchev–Trinajstić information content (AvgIpc) is 3.09. The van der Waals surface area contributed by atoms with Gasteiger partial charge in [0.2, 0.25) is 5.91 Å². The van der Waals surface area contributed by atoms with Gasteiger partial charge < -0.3 is 19.4 Å². The molecule has 0 aliphatic carbocycles. The van der Waals surface area contributed by atoms with Crippen LogP contribution in [0.15, 0.2) is 60.7 Å². The molecule has 0 fully saturated rings. The summed E-state index contributed by atoms with van der Waals surface area (Å²) in [6, 6.07) is 15.7. The third-order valence-corrected chi connectivity index (χ3v) is 4.54. The summed E-state index contributed by atoms with van der Waals surface area (Å²) in [6.45, 7) is 3.76. The van der Waals surface area contributed by atoms with Gasteiger partial charge in [-0.3, -0.25) is 4.79 Å². The van der Waals surface area contributed by atoms with Crippen molar-refractivity contribution in [1.29, 1.82) is 0 Å². The van der Waals surface area contributed by atoms with Crippen molar-refractivity contribution in [2.45, 2.75) is 26.3 Å². The van der Waals surface area contributed by atoms with Crippen LogP contribution in [0.1, 0.15) is 19.2 Å². The number of amides is 1. The minimum absolute atomic E-state index is 0.0816. The third kappa shape index (κ3) is 5.60. The first-order valence-electron chi connectivity index (χ1n) is 9.83. The quantitative estimate of drug-likeness (QED) is 0.421. The third-order valence-electron chi connectivity index (χ3n) is 4.54. The molecule has 0 radical (unpaired) electrons. The van der Waals surface area contributed by atoms with Gasteiger partial charge in [-0.15, -0.1) is 0 Å². The van der Waals surface area contributed by atoms with Crippen LogP contribution in [0, 0.1) is 0 Å². The molecule has 0 aliphatic rings. The molecule has 0 saturated heterocycles. The van der Waals surface area contributed by atoms with Gasteiger partial charge in [0.05, 0.1) is 24.8 Å². The first-order valence-corrected chi connectivity index (χ1v) is 9.83. The highest BCUT2D eigenvalue weighted by Crippen LogP contribution is 2.20. The fourth-order valence-corrected chi connectivity index (χ4v) is 3.18. The summed E-state index contributed by atoms with van der Waals surface area (Å²) in [5.74, 6) is 2.47. The zero-order valence-electron chi connectivity index (χ0n) is 16.9. The molecule has 2 aromatic carbocycles. The van der Waals surface area contributed by atoms with E-state index in [1.807, 2.05) is 49.4 Å². The lowest BCUT2D eigenvalue weighted by atomic mass is 10.3. The van der Waals surface area contributed by atoms with Gasteiger partial charge in [0.1, 0.15) is 17.3 Å². The molecule has 1 aromatic heterocycles. The number of methoxy groups -OCH3 is 1. The van der Waals surface area contributed by atoms with E-state index >= 15 is 0 Å². The van der Waals surface area contributed by atoms with E-state index in [4.69, 9.17) is 14.5 Å². The summed E-state index contributed by atoms with van der Waals surface area (Å²) >= 11 is 0. The molecular formula is C23H27N3O3. The number of carbonyl (C=O) groups is 1. The minimum atomic E-state index is -0.0816. The van der Waals surface area contributed by atoms with Crippen LogP contribution in [-0.2, 0) is 17.8 Å². The lowest BCUT2D eigenvalue weighted by Crippen LogP contribution is -2.24. The highest BCUT2D eigenvalue weighted by Gasteiger charge is 2.10. The second kappa shape index (κ2) is 10.3. The maximum Gasteiger partial charge on any atom is 0.243 e. The number of benzene rings is 2. The summed E-state index contributed by atoms with van der Waals surface area (Å²) in [5.41, 5.74) is 2.07. The Morgan fingerprint density at radius 1 is 1.17 bits per heavy atom. The normalized spacial score (nSPS) is 11.1. The van der Waals surface area contributed by atoms with Crippen molar-refractivity contribution in [2.75, 3.05) is 20.3 Å². The van der Waals surface area contributed by atoms with Crippen molar-refractivity contribution < 1.29 is 14.3 Å². The van der Waals surface area contributed by atoms with Crippen LogP contribution in [0.2, 0.25) is 0 Å². The van der Waals surface area contributed by atoms with Crippen molar-refractivity contribution in [3.05, 3.63) is 66.5 Å². The summed E-state index contributed by atoms with van der Waals surface area (Å²) in [6.07, 6.45) is 4.77. The van der Waals surface area contributed by atoms with Gasteiger partial charge in [0.15, 0.2) is 0 Å². The highest BCUT2D eigenvalue weighted by molar-refractivity contribution is 5.87. The standard InChI is InChI=1S/C23H27N3O3/c1-3-8-23(27)24-14-13-22-25-20-11-4-5-12-21(20)26(22)15-7-16-29-19-10-6-9-18(17-19)28-2/h3-6,8-12,17H,7,13-16H2,1-2H3,(H,24,27)/b8-3+. The number of allylic oxidation sites excluding steroid dienone is 1. The molecule has 6 nitrogen and oxygen atoms in total. The van der Waals surface area contributed by atoms with Crippen molar-refractivity contribution in [3.63, 3.8) is 0 Å². The zero-order valence-corrected chi connectivity index (χ0v) is 16.9. The van der Waals surface area contributed by atoms with Crippen molar-refractivity contribution >= 4 is 16.9 Å². The molecule has 29 heavy (non-hydrogen) atoms. The van der Waals surface area contributed by atoms with Gasteiger partial charge in [0.25, 0.3) is 0 Å². The number of rotatable bonds is 10. The molecule has 3 rings (SSSR count). The number of aryl methyl sites for hydroxylation is 1. The molecule has 0 unspecified atom stereocenters. The largest absolute Gasteiger partial charge is 0.497 e. The minimum Gasteiger partial charge on any atom is -0.497 e. The Kier molecular flexibility index (Phi) is 7.28. The van der Waals surface area contributed by atoms with Gasteiger partial charge in [0, 0.05) is 25.6 Å². The molecule has 1 amide bonds. The number of hydrogen-bond acceptors (Lipinski definition) is 4. The second-order valence-corrected chi connectivity index (χ2v) is 6.59. The van der Waals surface area contributed by atoms with Crippen LogP contribution >= 0.6 is 0 Å². The van der Waals surface area contributed by atoms with E-state index in [9.17, 15) is 4.79 Å². The van der Waals surface area contributed by atoms with Gasteiger partial charge in [-0.25, -0.2) is 4.98 Å². The van der Waals surface area contributed by atoms with Gasteiger partial charge in [-0.2, -0.15) is 0 Å². The fraction of sp³-hybridized carbons (Fsp3) is 0.304. The molecule has 1 heterocycles. The van der Waals surface area contributed by atoms with Crippen LogP contribution in [0.4, 0.5) is 0 Å². The molecule has 0 spiro atoms. The number of nitrogens with one attached hydrogen (secondary N) is 1. The molecule has 152 valence electrons. The molecule has 0 bridgehead atoms. The maximum atomic E-state index is 11.6. The summed E-state index contributed by atoms with van der Waals surface area (Å²) in [7, 11) is 1.64. The molecule has 1 N–H and O–H groups in total. The highest BCUT2D eigenvalue weighted by atomic mass is 16.5. The van der Waals surface area contributed by atoms with E-state index in [1.165, 1.54) is 6.08 Å². The van der Waals surface area contributed by atoms with Gasteiger partial charge >= 0.3 is 0 Å². The molecule has 3 aromatic rings. The van der Waals surface area contributed by atoms with Crippen molar-refractivity contribution in [2.24, 2.45) is 0 Å². The first-order chi connectivity index (χ1) is 14.2. The van der Waals surface area contributed by atoms with Crippen molar-refractivity contribution in [3.8, 4) is 11.5 Å². The lowest BCUT2D eigenvalue weighted by molar-refractivity contribution is -0.116. The van der Waals surface area contributed by atoms with E-state index in [0.29, 0.717) is 19.6 Å². The van der Waals surface area contributed by atoms with Crippen LogP contribution in [0.3, 0.4) is 0 Å². The Hall–Kier alpha value is -3.28. The zero-order chi connectivity index (χ0) is 20.5. The molecule has 0 atom stereocenters. The molecule has 0 aliphatic heterocycles. The van der Waals surface area contributed by atoms with Crippen LogP contribution in [0.25, 0.3) is 11.0 Å². The molecule has 6 heteroatoms. The Labute approximate surface area is 171 Å². The number of ether oxygens (including phenoxy) is 2. The fourth-order valence-electron chi connectivity index (χ4n) is 3.18. The number of aromatic nitrogens is 2. The van der Waals surface area contributed by atoms with Crippen LogP contribution in [0.5, 0.6) is 11.5 Å². The summed E-state index contributed by atoms with van der Waals surface area (Å²) < 4.78 is 13.3. The van der Waals surface area contributed by atoms with E-state index in [0.717, 1.165) is 41.3 Å². The first kappa shape index (κ1) is 20.5. The number of para-hydroxylation sites is 2. The number of fused-ring (bicyclic) bond motifs is 1. The molecular weight excluding hydrogens is 366 g/mol. The smallest absolute Gasteiger partial charge is 0.243 e. The number of nitrogens with zero attached hydrogens (tertiary/aromatic N) is 2. The van der Waals surface area contributed by atoms with Gasteiger partial charge in [-0.05, 0) is 43.7 Å². The Morgan fingerprint density at radius 2 is 2.00 bits per heavy atom. The Morgan fingerprint density at radius 3 is 2.83 bits per heavy atom. The Bertz CT molecular complexity index is 978. The molecule has 0 saturated carbocycles. The Balaban J connectivity index is 1.61. The van der Waals surface area contributed by atoms with Crippen LogP contribution < -0.4 is 14.8 Å². The summed E-state index contributed by atoms with van der Waals surface area (Å²) in [4.78, 5) is 16.4.